The molecule has 1 aliphatic heterocycles. The van der Waals surface area contributed by atoms with E-state index in [-0.39, 0.29) is 43.9 Å². The van der Waals surface area contributed by atoms with Gasteiger partial charge >= 0.3 is 0 Å². The minimum absolute atomic E-state index is 0.126. The third kappa shape index (κ3) is 6.62. The zero-order chi connectivity index (χ0) is 25.8. The van der Waals surface area contributed by atoms with Crippen LogP contribution in [0.4, 0.5) is 4.39 Å². The number of carbonyl (C=O) groups is 1. The molecule has 36 heavy (non-hydrogen) atoms. The van der Waals surface area contributed by atoms with Gasteiger partial charge in [0.25, 0.3) is 5.91 Å². The van der Waals surface area contributed by atoms with E-state index in [0.717, 1.165) is 11.1 Å². The Balaban J connectivity index is 1.58. The van der Waals surface area contributed by atoms with Crippen molar-refractivity contribution < 1.29 is 32.9 Å². The van der Waals surface area contributed by atoms with E-state index >= 15 is 0 Å². The summed E-state index contributed by atoms with van der Waals surface area (Å²) in [4.78, 5) is 13.6. The van der Waals surface area contributed by atoms with Crippen LogP contribution >= 0.6 is 11.6 Å². The van der Waals surface area contributed by atoms with Gasteiger partial charge in [-0.05, 0) is 49.2 Å². The molecule has 1 N–H and O–H groups in total. The summed E-state index contributed by atoms with van der Waals surface area (Å²) in [5.74, 6) is -1.43. The molecule has 196 valence electrons. The fraction of sp³-hybridized carbons (Fsp3) is 0.519. The second-order valence-corrected chi connectivity index (χ2v) is 10.1. The molecule has 2 aromatic carbocycles. The van der Waals surface area contributed by atoms with Gasteiger partial charge in [0.1, 0.15) is 11.9 Å². The standard InChI is InChI=1S/C27H33ClFNO6/c1-26(2)35-23-15-27(25(31)30-11-12-32-3,34-17-18-7-9-21(29)10-8-18)14-22(24(23)36-26)33-16-19-5-4-6-20(28)13-19/h4-10,13,22-24H,11-12,14-17H2,1-3H3,(H,30,31)/t22?,23-,24+,27-/m1/s1. The number of halogens is 2. The minimum Gasteiger partial charge on any atom is -0.383 e. The number of carbonyl (C=O) groups excluding carboxylic acids is 1. The molecule has 7 nitrogen and oxygen atoms in total. The topological polar surface area (TPSA) is 75.3 Å². The predicted octanol–water partition coefficient (Wildman–Crippen LogP) is 4.40. The van der Waals surface area contributed by atoms with E-state index in [2.05, 4.69) is 5.32 Å². The van der Waals surface area contributed by atoms with Gasteiger partial charge < -0.3 is 29.0 Å². The molecule has 1 heterocycles. The van der Waals surface area contributed by atoms with E-state index in [9.17, 15) is 9.18 Å². The van der Waals surface area contributed by atoms with Gasteiger partial charge in [0.2, 0.25) is 0 Å². The maximum atomic E-state index is 13.6. The van der Waals surface area contributed by atoms with E-state index in [4.69, 9.17) is 35.3 Å². The summed E-state index contributed by atoms with van der Waals surface area (Å²) in [5, 5.41) is 3.54. The number of amides is 1. The van der Waals surface area contributed by atoms with Crippen LogP contribution in [0.3, 0.4) is 0 Å². The highest BCUT2D eigenvalue weighted by Crippen LogP contribution is 2.44. The van der Waals surface area contributed by atoms with Gasteiger partial charge in [-0.3, -0.25) is 4.79 Å². The molecule has 0 aromatic heterocycles. The van der Waals surface area contributed by atoms with Crippen LogP contribution in [0.1, 0.15) is 37.8 Å². The van der Waals surface area contributed by atoms with Gasteiger partial charge in [0.15, 0.2) is 11.4 Å². The molecule has 1 saturated carbocycles. The fourth-order valence-corrected chi connectivity index (χ4v) is 4.98. The number of ether oxygens (including phenoxy) is 5. The van der Waals surface area contributed by atoms with Crippen LogP contribution in [-0.4, -0.2) is 55.9 Å². The van der Waals surface area contributed by atoms with Crippen LogP contribution in [0.25, 0.3) is 0 Å². The summed E-state index contributed by atoms with van der Waals surface area (Å²) in [6, 6.07) is 13.5. The second-order valence-electron chi connectivity index (χ2n) is 9.68. The van der Waals surface area contributed by atoms with Crippen LogP contribution < -0.4 is 5.32 Å². The lowest BCUT2D eigenvalue weighted by atomic mass is 9.78. The SMILES string of the molecule is COCCNC(=O)[C@@]1(OCc2ccc(F)cc2)CC(OCc2cccc(Cl)c2)[C@@H]2OC(C)(C)O[C@@H]2C1. The van der Waals surface area contributed by atoms with Crippen LogP contribution in [0, 0.1) is 5.82 Å². The Kier molecular flexibility index (Phi) is 8.65. The van der Waals surface area contributed by atoms with E-state index in [1.54, 1.807) is 25.3 Å². The van der Waals surface area contributed by atoms with Crippen LogP contribution in [0.2, 0.25) is 5.02 Å². The average molecular weight is 522 g/mol. The number of benzene rings is 2. The van der Waals surface area contributed by atoms with Crippen molar-refractivity contribution in [3.8, 4) is 0 Å². The van der Waals surface area contributed by atoms with Crippen molar-refractivity contribution in [1.29, 1.82) is 0 Å². The predicted molar refractivity (Wildman–Crippen MR) is 132 cm³/mol. The number of rotatable bonds is 10. The van der Waals surface area contributed by atoms with Gasteiger partial charge in [0.05, 0.1) is 32.0 Å². The molecule has 1 amide bonds. The first-order chi connectivity index (χ1) is 17.2. The maximum Gasteiger partial charge on any atom is 0.252 e. The molecule has 1 unspecified atom stereocenters. The zero-order valence-electron chi connectivity index (χ0n) is 20.8. The highest BCUT2D eigenvalue weighted by atomic mass is 35.5. The third-order valence-corrected chi connectivity index (χ3v) is 6.67. The first-order valence-electron chi connectivity index (χ1n) is 12.1. The Morgan fingerprint density at radius 3 is 2.61 bits per heavy atom. The Morgan fingerprint density at radius 1 is 1.11 bits per heavy atom. The molecule has 0 spiro atoms. The summed E-state index contributed by atoms with van der Waals surface area (Å²) in [7, 11) is 1.57. The van der Waals surface area contributed by atoms with E-state index < -0.39 is 23.6 Å². The number of hydrogen-bond acceptors (Lipinski definition) is 6. The lowest BCUT2D eigenvalue weighted by molar-refractivity contribution is -0.183. The van der Waals surface area contributed by atoms with Crippen LogP contribution in [0.15, 0.2) is 48.5 Å². The Morgan fingerprint density at radius 2 is 1.89 bits per heavy atom. The van der Waals surface area contributed by atoms with Crippen molar-refractivity contribution >= 4 is 17.5 Å². The van der Waals surface area contributed by atoms with Crippen molar-refractivity contribution in [1.82, 2.24) is 5.32 Å². The second kappa shape index (κ2) is 11.5. The molecule has 1 aliphatic carbocycles. The molecule has 0 bridgehead atoms. The smallest absolute Gasteiger partial charge is 0.252 e. The molecule has 9 heteroatoms. The zero-order valence-corrected chi connectivity index (χ0v) is 21.6. The van der Waals surface area contributed by atoms with Gasteiger partial charge in [-0.25, -0.2) is 4.39 Å². The third-order valence-electron chi connectivity index (χ3n) is 6.44. The lowest BCUT2D eigenvalue weighted by Crippen LogP contribution is -2.60. The minimum atomic E-state index is -1.24. The monoisotopic (exact) mass is 521 g/mol. The van der Waals surface area contributed by atoms with Crippen LogP contribution in [-0.2, 0) is 41.7 Å². The number of methoxy groups -OCH3 is 1. The van der Waals surface area contributed by atoms with Crippen LogP contribution in [0.5, 0.6) is 0 Å². The largest absolute Gasteiger partial charge is 0.383 e. The van der Waals surface area contributed by atoms with Gasteiger partial charge in [-0.15, -0.1) is 0 Å². The Labute approximate surface area is 216 Å². The van der Waals surface area contributed by atoms with Crippen molar-refractivity contribution in [2.24, 2.45) is 0 Å². The molecular weight excluding hydrogens is 489 g/mol. The quantitative estimate of drug-likeness (QED) is 0.467. The number of nitrogens with one attached hydrogen (secondary N) is 1. The molecule has 1 saturated heterocycles. The molecule has 2 fully saturated rings. The first-order valence-corrected chi connectivity index (χ1v) is 12.4. The fourth-order valence-electron chi connectivity index (χ4n) is 4.77. The van der Waals surface area contributed by atoms with Crippen molar-refractivity contribution in [2.45, 2.75) is 69.6 Å². The Bertz CT molecular complexity index is 1040. The summed E-state index contributed by atoms with van der Waals surface area (Å²) < 4.78 is 43.6. The number of hydrogen-bond donors (Lipinski definition) is 1. The summed E-state index contributed by atoms with van der Waals surface area (Å²) in [6.07, 6.45) is -0.717. The Hall–Kier alpha value is -2.07. The molecule has 2 aliphatic rings. The average Bonchev–Trinajstić information content (AvgIpc) is 3.16. The highest BCUT2D eigenvalue weighted by Gasteiger charge is 2.58. The molecule has 4 atom stereocenters. The normalized spacial score (nSPS) is 27.0. The van der Waals surface area contributed by atoms with E-state index in [1.165, 1.54) is 12.1 Å². The van der Waals surface area contributed by atoms with Crippen molar-refractivity contribution in [2.75, 3.05) is 20.3 Å². The maximum absolute atomic E-state index is 13.6. The van der Waals surface area contributed by atoms with Crippen molar-refractivity contribution in [3.63, 3.8) is 0 Å². The van der Waals surface area contributed by atoms with E-state index in [1.807, 2.05) is 32.0 Å². The lowest BCUT2D eigenvalue weighted by Gasteiger charge is -2.43. The molecule has 4 rings (SSSR count). The molecule has 2 aromatic rings. The van der Waals surface area contributed by atoms with Crippen molar-refractivity contribution in [3.05, 3.63) is 70.5 Å². The summed E-state index contributed by atoms with van der Waals surface area (Å²) in [6.45, 7) is 4.81. The summed E-state index contributed by atoms with van der Waals surface area (Å²) >= 11 is 6.14. The molecule has 0 radical (unpaired) electrons. The summed E-state index contributed by atoms with van der Waals surface area (Å²) in [5.41, 5.74) is 0.416. The van der Waals surface area contributed by atoms with Gasteiger partial charge in [0, 0.05) is 31.5 Å². The van der Waals surface area contributed by atoms with Gasteiger partial charge in [-0.1, -0.05) is 35.9 Å². The first kappa shape index (κ1) is 27.0. The molecular formula is C27H33ClFNO6. The highest BCUT2D eigenvalue weighted by molar-refractivity contribution is 6.30. The number of fused-ring (bicyclic) bond motifs is 1. The van der Waals surface area contributed by atoms with Gasteiger partial charge in [-0.2, -0.15) is 0 Å². The van der Waals surface area contributed by atoms with E-state index in [0.29, 0.717) is 18.2 Å².